The number of amides is 2. The van der Waals surface area contributed by atoms with E-state index >= 15 is 0 Å². The van der Waals surface area contributed by atoms with Crippen molar-refractivity contribution >= 4 is 17.6 Å². The normalized spacial score (nSPS) is 20.4. The first-order valence-electron chi connectivity index (χ1n) is 4.63. The third kappa shape index (κ3) is 3.55. The molecule has 1 fully saturated rings. The Bertz CT molecular complexity index is 263. The summed E-state index contributed by atoms with van der Waals surface area (Å²) in [6.07, 6.45) is 0.811. The summed E-state index contributed by atoms with van der Waals surface area (Å²) in [5.74, 6) is -0.204. The highest BCUT2D eigenvalue weighted by Crippen LogP contribution is 2.00. The zero-order chi connectivity index (χ0) is 10.6. The lowest BCUT2D eigenvalue weighted by molar-refractivity contribution is -0.125. The zero-order valence-corrected chi connectivity index (χ0v) is 8.13. The summed E-state index contributed by atoms with van der Waals surface area (Å²) in [6, 6.07) is -0.109. The van der Waals surface area contributed by atoms with Crippen LogP contribution in [0.5, 0.6) is 0 Å². The van der Waals surface area contributed by atoms with Crippen molar-refractivity contribution in [1.29, 1.82) is 0 Å². The molecule has 1 atom stereocenters. The molecule has 0 aromatic carbocycles. The zero-order valence-electron chi connectivity index (χ0n) is 8.13. The van der Waals surface area contributed by atoms with Crippen LogP contribution in [0, 0.1) is 0 Å². The van der Waals surface area contributed by atoms with Crippen LogP contribution in [0.25, 0.3) is 0 Å². The second kappa shape index (κ2) is 4.74. The van der Waals surface area contributed by atoms with Crippen molar-refractivity contribution in [2.75, 3.05) is 6.54 Å². The van der Waals surface area contributed by atoms with Gasteiger partial charge >= 0.3 is 0 Å². The third-order valence-electron chi connectivity index (χ3n) is 2.05. The number of Topliss-reactive ketones (excluding diaryl/α,β-unsaturated/α-hetero) is 1. The number of carbonyl (C=O) groups is 3. The quantitative estimate of drug-likeness (QED) is 0.631. The molecule has 0 aliphatic carbocycles. The van der Waals surface area contributed by atoms with Gasteiger partial charge in [0.2, 0.25) is 11.8 Å². The van der Waals surface area contributed by atoms with Crippen LogP contribution in [0.1, 0.15) is 26.2 Å². The van der Waals surface area contributed by atoms with Gasteiger partial charge in [-0.2, -0.15) is 0 Å². The number of carbonyl (C=O) groups excluding carboxylic acids is 3. The maximum atomic E-state index is 11.2. The van der Waals surface area contributed by atoms with Crippen molar-refractivity contribution in [3.8, 4) is 0 Å². The largest absolute Gasteiger partial charge is 0.354 e. The van der Waals surface area contributed by atoms with E-state index in [4.69, 9.17) is 0 Å². The summed E-state index contributed by atoms with van der Waals surface area (Å²) < 4.78 is 0. The first-order chi connectivity index (χ1) is 6.58. The van der Waals surface area contributed by atoms with Gasteiger partial charge in [0.1, 0.15) is 5.78 Å². The molecule has 1 heterocycles. The van der Waals surface area contributed by atoms with E-state index in [-0.39, 0.29) is 36.5 Å². The molecule has 0 spiro atoms. The molecule has 1 rings (SSSR count). The SMILES string of the molecule is CC(=O)CCC(=O)NC1CNC(=O)C1. The minimum absolute atomic E-state index is 0.000716. The standard InChI is InChI=1S/C9H14N2O3/c1-6(12)2-3-8(13)11-7-4-9(14)10-5-7/h7H,2-5H2,1H3,(H,10,14)(H,11,13). The van der Waals surface area contributed by atoms with Crippen LogP contribution in [0.2, 0.25) is 0 Å². The Morgan fingerprint density at radius 1 is 1.50 bits per heavy atom. The van der Waals surface area contributed by atoms with Gasteiger partial charge in [0.15, 0.2) is 0 Å². The summed E-state index contributed by atoms with van der Waals surface area (Å²) >= 11 is 0. The lowest BCUT2D eigenvalue weighted by Gasteiger charge is -2.09. The van der Waals surface area contributed by atoms with E-state index in [2.05, 4.69) is 10.6 Å². The average Bonchev–Trinajstić information content (AvgIpc) is 2.48. The van der Waals surface area contributed by atoms with Gasteiger partial charge in [0, 0.05) is 25.8 Å². The first-order valence-corrected chi connectivity index (χ1v) is 4.63. The van der Waals surface area contributed by atoms with Gasteiger partial charge in [-0.15, -0.1) is 0 Å². The molecule has 0 bridgehead atoms. The minimum atomic E-state index is -0.165. The fourth-order valence-corrected chi connectivity index (χ4v) is 1.30. The van der Waals surface area contributed by atoms with E-state index in [0.29, 0.717) is 13.0 Å². The van der Waals surface area contributed by atoms with Crippen LogP contribution in [0.15, 0.2) is 0 Å². The molecule has 1 aliphatic heterocycles. The van der Waals surface area contributed by atoms with E-state index in [9.17, 15) is 14.4 Å². The summed E-state index contributed by atoms with van der Waals surface area (Å²) in [5, 5.41) is 5.31. The predicted molar refractivity (Wildman–Crippen MR) is 49.5 cm³/mol. The van der Waals surface area contributed by atoms with E-state index < -0.39 is 0 Å². The Kier molecular flexibility index (Phi) is 3.62. The molecule has 1 unspecified atom stereocenters. The van der Waals surface area contributed by atoms with Gasteiger partial charge in [0.05, 0.1) is 6.04 Å². The number of nitrogens with one attached hydrogen (secondary N) is 2. The molecule has 2 amide bonds. The Morgan fingerprint density at radius 2 is 2.21 bits per heavy atom. The number of hydrogen-bond acceptors (Lipinski definition) is 3. The molecule has 0 saturated carbocycles. The van der Waals surface area contributed by atoms with Gasteiger partial charge in [0.25, 0.3) is 0 Å². The fraction of sp³-hybridized carbons (Fsp3) is 0.667. The highest BCUT2D eigenvalue weighted by atomic mass is 16.2. The van der Waals surface area contributed by atoms with Gasteiger partial charge in [-0.3, -0.25) is 9.59 Å². The number of hydrogen-bond donors (Lipinski definition) is 2. The lowest BCUT2D eigenvalue weighted by atomic mass is 10.2. The molecular weight excluding hydrogens is 184 g/mol. The van der Waals surface area contributed by atoms with Crippen LogP contribution >= 0.6 is 0 Å². The number of ketones is 1. The van der Waals surface area contributed by atoms with Crippen molar-refractivity contribution in [2.24, 2.45) is 0 Å². The second-order valence-electron chi connectivity index (χ2n) is 3.47. The molecule has 1 saturated heterocycles. The van der Waals surface area contributed by atoms with E-state index in [1.165, 1.54) is 6.92 Å². The molecule has 5 heteroatoms. The molecule has 0 radical (unpaired) electrons. The van der Waals surface area contributed by atoms with Crippen LogP contribution in [-0.2, 0) is 14.4 Å². The van der Waals surface area contributed by atoms with Gasteiger partial charge in [-0.05, 0) is 6.92 Å². The topological polar surface area (TPSA) is 75.3 Å². The second-order valence-corrected chi connectivity index (χ2v) is 3.47. The molecule has 0 aromatic rings. The average molecular weight is 198 g/mol. The van der Waals surface area contributed by atoms with Crippen LogP contribution < -0.4 is 10.6 Å². The summed E-state index contributed by atoms with van der Waals surface area (Å²) in [5.41, 5.74) is 0. The smallest absolute Gasteiger partial charge is 0.222 e. The van der Waals surface area contributed by atoms with Gasteiger partial charge < -0.3 is 15.4 Å². The van der Waals surface area contributed by atoms with Gasteiger partial charge in [-0.1, -0.05) is 0 Å². The van der Waals surface area contributed by atoms with Crippen LogP contribution in [-0.4, -0.2) is 30.2 Å². The predicted octanol–water partition coefficient (Wildman–Crippen LogP) is -0.640. The maximum Gasteiger partial charge on any atom is 0.222 e. The van der Waals surface area contributed by atoms with E-state index in [1.807, 2.05) is 0 Å². The molecule has 1 aliphatic rings. The first kappa shape index (κ1) is 10.7. The van der Waals surface area contributed by atoms with Crippen LogP contribution in [0.4, 0.5) is 0 Å². The van der Waals surface area contributed by atoms with Crippen molar-refractivity contribution < 1.29 is 14.4 Å². The fourth-order valence-electron chi connectivity index (χ4n) is 1.30. The molecule has 2 N–H and O–H groups in total. The Hall–Kier alpha value is -1.39. The van der Waals surface area contributed by atoms with Crippen molar-refractivity contribution in [2.45, 2.75) is 32.2 Å². The molecule has 14 heavy (non-hydrogen) atoms. The lowest BCUT2D eigenvalue weighted by Crippen LogP contribution is -2.36. The Morgan fingerprint density at radius 3 is 2.71 bits per heavy atom. The van der Waals surface area contributed by atoms with Crippen molar-refractivity contribution in [3.63, 3.8) is 0 Å². The summed E-state index contributed by atoms with van der Waals surface area (Å²) in [7, 11) is 0. The summed E-state index contributed by atoms with van der Waals surface area (Å²) in [4.78, 5) is 32.6. The molecule has 78 valence electrons. The molecule has 0 aromatic heterocycles. The highest BCUT2D eigenvalue weighted by molar-refractivity contribution is 5.85. The monoisotopic (exact) mass is 198 g/mol. The third-order valence-corrected chi connectivity index (χ3v) is 2.05. The van der Waals surface area contributed by atoms with Crippen molar-refractivity contribution in [3.05, 3.63) is 0 Å². The van der Waals surface area contributed by atoms with E-state index in [0.717, 1.165) is 0 Å². The minimum Gasteiger partial charge on any atom is -0.354 e. The van der Waals surface area contributed by atoms with E-state index in [1.54, 1.807) is 0 Å². The Labute approximate surface area is 82.2 Å². The number of rotatable bonds is 4. The summed E-state index contributed by atoms with van der Waals surface area (Å²) in [6.45, 7) is 1.94. The molecule has 5 nitrogen and oxygen atoms in total. The van der Waals surface area contributed by atoms with Crippen molar-refractivity contribution in [1.82, 2.24) is 10.6 Å². The molecular formula is C9H14N2O3. The van der Waals surface area contributed by atoms with Gasteiger partial charge in [-0.25, -0.2) is 0 Å². The van der Waals surface area contributed by atoms with Crippen LogP contribution in [0.3, 0.4) is 0 Å². The Balaban J connectivity index is 2.20. The maximum absolute atomic E-state index is 11.2. The highest BCUT2D eigenvalue weighted by Gasteiger charge is 2.22.